The lowest BCUT2D eigenvalue weighted by Crippen LogP contribution is -2.23. The minimum atomic E-state index is 0.558. The predicted octanol–water partition coefficient (Wildman–Crippen LogP) is 4.84. The number of thiophene rings is 1. The van der Waals surface area contributed by atoms with Crippen LogP contribution in [0.2, 0.25) is 0 Å². The highest BCUT2D eigenvalue weighted by Crippen LogP contribution is 2.30. The molecule has 0 aliphatic rings. The van der Waals surface area contributed by atoms with Crippen LogP contribution in [0.15, 0.2) is 6.07 Å². The van der Waals surface area contributed by atoms with Crippen LogP contribution in [0.3, 0.4) is 0 Å². The van der Waals surface area contributed by atoms with Crippen molar-refractivity contribution >= 4 is 11.3 Å². The average molecular weight is 253 g/mol. The van der Waals surface area contributed by atoms with E-state index in [-0.39, 0.29) is 0 Å². The topological polar surface area (TPSA) is 12.0 Å². The molecule has 17 heavy (non-hydrogen) atoms. The maximum Gasteiger partial charge on any atom is 0.0417 e. The molecule has 0 radical (unpaired) electrons. The van der Waals surface area contributed by atoms with E-state index in [1.165, 1.54) is 34.6 Å². The van der Waals surface area contributed by atoms with Crippen LogP contribution in [0.4, 0.5) is 0 Å². The number of aryl methyl sites for hydroxylation is 2. The first kappa shape index (κ1) is 14.7. The van der Waals surface area contributed by atoms with E-state index in [0.29, 0.717) is 6.04 Å². The van der Waals surface area contributed by atoms with Crippen molar-refractivity contribution in [3.63, 3.8) is 0 Å². The maximum absolute atomic E-state index is 3.70. The van der Waals surface area contributed by atoms with Crippen molar-refractivity contribution < 1.29 is 0 Å². The third-order valence-corrected chi connectivity index (χ3v) is 4.77. The molecule has 0 aromatic carbocycles. The van der Waals surface area contributed by atoms with Crippen molar-refractivity contribution in [1.29, 1.82) is 0 Å². The fraction of sp³-hybridized carbons (Fsp3) is 0.733. The van der Waals surface area contributed by atoms with Crippen molar-refractivity contribution in [3.05, 3.63) is 21.4 Å². The van der Waals surface area contributed by atoms with Crippen LogP contribution in [-0.2, 0) is 0 Å². The normalized spacial score (nSPS) is 14.9. The molecule has 0 fully saturated rings. The zero-order chi connectivity index (χ0) is 12.8. The van der Waals surface area contributed by atoms with E-state index >= 15 is 0 Å². The summed E-state index contributed by atoms with van der Waals surface area (Å²) in [6.07, 6.45) is 3.74. The highest BCUT2D eigenvalue weighted by molar-refractivity contribution is 7.12. The molecule has 1 heterocycles. The fourth-order valence-electron chi connectivity index (χ4n) is 1.96. The smallest absolute Gasteiger partial charge is 0.0417 e. The molecule has 2 atom stereocenters. The summed E-state index contributed by atoms with van der Waals surface area (Å²) in [5.41, 5.74) is 1.44. The Morgan fingerprint density at radius 2 is 2.00 bits per heavy atom. The second-order valence-corrected chi connectivity index (χ2v) is 6.43. The Labute approximate surface area is 111 Å². The first-order chi connectivity index (χ1) is 8.08. The second-order valence-electron chi connectivity index (χ2n) is 5.14. The molecule has 2 unspecified atom stereocenters. The average Bonchev–Trinajstić information content (AvgIpc) is 2.64. The molecule has 1 rings (SSSR count). The number of hydrogen-bond acceptors (Lipinski definition) is 2. The van der Waals surface area contributed by atoms with Gasteiger partial charge in [-0.3, -0.25) is 0 Å². The molecule has 1 nitrogen and oxygen atoms in total. The van der Waals surface area contributed by atoms with E-state index in [2.05, 4.69) is 46.0 Å². The molecule has 1 aromatic heterocycles. The molecule has 0 amide bonds. The summed E-state index contributed by atoms with van der Waals surface area (Å²) >= 11 is 1.96. The number of hydrogen-bond donors (Lipinski definition) is 1. The molecule has 0 saturated carbocycles. The van der Waals surface area contributed by atoms with Crippen LogP contribution in [-0.4, -0.2) is 6.54 Å². The molecule has 0 aliphatic carbocycles. The minimum Gasteiger partial charge on any atom is -0.309 e. The molecule has 98 valence electrons. The first-order valence-corrected chi connectivity index (χ1v) is 7.70. The zero-order valence-electron chi connectivity index (χ0n) is 12.0. The maximum atomic E-state index is 3.70. The van der Waals surface area contributed by atoms with E-state index in [4.69, 9.17) is 0 Å². The number of rotatable bonds is 7. The van der Waals surface area contributed by atoms with E-state index in [1.807, 2.05) is 11.3 Å². The monoisotopic (exact) mass is 253 g/mol. The Bertz CT molecular complexity index is 310. The quantitative estimate of drug-likeness (QED) is 0.733. The Kier molecular flexibility index (Phi) is 6.21. The van der Waals surface area contributed by atoms with Crippen molar-refractivity contribution in [2.24, 2.45) is 5.92 Å². The molecule has 0 aliphatic heterocycles. The van der Waals surface area contributed by atoms with Crippen LogP contribution in [0, 0.1) is 19.8 Å². The van der Waals surface area contributed by atoms with Gasteiger partial charge in [0.05, 0.1) is 0 Å². The van der Waals surface area contributed by atoms with Gasteiger partial charge in [0.2, 0.25) is 0 Å². The summed E-state index contributed by atoms with van der Waals surface area (Å²) in [4.78, 5) is 2.99. The number of nitrogens with one attached hydrogen (secondary N) is 1. The highest BCUT2D eigenvalue weighted by Gasteiger charge is 2.16. The van der Waals surface area contributed by atoms with Gasteiger partial charge >= 0.3 is 0 Å². The lowest BCUT2D eigenvalue weighted by Gasteiger charge is -2.20. The van der Waals surface area contributed by atoms with Crippen molar-refractivity contribution in [2.75, 3.05) is 6.54 Å². The molecule has 0 spiro atoms. The molecule has 1 N–H and O–H groups in total. The van der Waals surface area contributed by atoms with E-state index in [9.17, 15) is 0 Å². The van der Waals surface area contributed by atoms with Gasteiger partial charge in [-0.1, -0.05) is 27.2 Å². The van der Waals surface area contributed by atoms with Gasteiger partial charge in [-0.2, -0.15) is 0 Å². The van der Waals surface area contributed by atoms with E-state index in [0.717, 1.165) is 12.5 Å². The Morgan fingerprint density at radius 1 is 1.29 bits per heavy atom. The van der Waals surface area contributed by atoms with Gasteiger partial charge in [0.15, 0.2) is 0 Å². The fourth-order valence-corrected chi connectivity index (χ4v) is 3.09. The lowest BCUT2D eigenvalue weighted by molar-refractivity contribution is 0.406. The third kappa shape index (κ3) is 4.44. The lowest BCUT2D eigenvalue weighted by atomic mass is 9.98. The largest absolute Gasteiger partial charge is 0.309 e. The van der Waals surface area contributed by atoms with E-state index < -0.39 is 0 Å². The highest BCUT2D eigenvalue weighted by atomic mass is 32.1. The molecule has 2 heteroatoms. The van der Waals surface area contributed by atoms with Gasteiger partial charge in [-0.05, 0) is 50.8 Å². The van der Waals surface area contributed by atoms with Gasteiger partial charge in [-0.25, -0.2) is 0 Å². The summed E-state index contributed by atoms with van der Waals surface area (Å²) in [5, 5.41) is 3.70. The van der Waals surface area contributed by atoms with Crippen molar-refractivity contribution in [1.82, 2.24) is 5.32 Å². The molecule has 0 saturated heterocycles. The summed E-state index contributed by atoms with van der Waals surface area (Å²) in [7, 11) is 0. The van der Waals surface area contributed by atoms with Crippen LogP contribution in [0.5, 0.6) is 0 Å². The SMILES string of the molecule is CCCNC(CC(C)CC)c1cc(C)c(C)s1. The van der Waals surface area contributed by atoms with Crippen LogP contribution < -0.4 is 5.32 Å². The summed E-state index contributed by atoms with van der Waals surface area (Å²) in [6, 6.07) is 2.93. The predicted molar refractivity (Wildman–Crippen MR) is 78.9 cm³/mol. The summed E-state index contributed by atoms with van der Waals surface area (Å²) < 4.78 is 0. The molecule has 0 bridgehead atoms. The Balaban J connectivity index is 2.74. The zero-order valence-corrected chi connectivity index (χ0v) is 12.8. The van der Waals surface area contributed by atoms with Gasteiger partial charge in [0.1, 0.15) is 0 Å². The van der Waals surface area contributed by atoms with Crippen LogP contribution >= 0.6 is 11.3 Å². The van der Waals surface area contributed by atoms with Crippen LogP contribution in [0.1, 0.15) is 61.4 Å². The van der Waals surface area contributed by atoms with E-state index in [1.54, 1.807) is 0 Å². The molecular formula is C15H27NS. The van der Waals surface area contributed by atoms with Crippen molar-refractivity contribution in [2.45, 2.75) is 59.9 Å². The minimum absolute atomic E-state index is 0.558. The van der Waals surface area contributed by atoms with Gasteiger partial charge < -0.3 is 5.32 Å². The summed E-state index contributed by atoms with van der Waals surface area (Å²) in [6.45, 7) is 12.4. The van der Waals surface area contributed by atoms with Crippen LogP contribution in [0.25, 0.3) is 0 Å². The van der Waals surface area contributed by atoms with Crippen molar-refractivity contribution in [3.8, 4) is 0 Å². The second kappa shape index (κ2) is 7.17. The van der Waals surface area contributed by atoms with Gasteiger partial charge in [0, 0.05) is 15.8 Å². The summed E-state index contributed by atoms with van der Waals surface area (Å²) in [5.74, 6) is 0.798. The van der Waals surface area contributed by atoms with Gasteiger partial charge in [-0.15, -0.1) is 11.3 Å². The van der Waals surface area contributed by atoms with Gasteiger partial charge in [0.25, 0.3) is 0 Å². The molecular weight excluding hydrogens is 226 g/mol. The molecule has 1 aromatic rings. The Morgan fingerprint density at radius 3 is 2.47 bits per heavy atom. The Hall–Kier alpha value is -0.340. The third-order valence-electron chi connectivity index (χ3n) is 3.50. The first-order valence-electron chi connectivity index (χ1n) is 6.88. The standard InChI is InChI=1S/C15H27NS/c1-6-8-16-14(9-11(3)7-2)15-10-12(4)13(5)17-15/h10-11,14,16H,6-9H2,1-5H3.